The largest absolute Gasteiger partial charge is 0.333 e. The summed E-state index contributed by atoms with van der Waals surface area (Å²) in [5, 5.41) is 4.78. The van der Waals surface area contributed by atoms with Crippen molar-refractivity contribution in [1.82, 2.24) is 19.5 Å². The molecule has 0 aliphatic carbocycles. The number of benzene rings is 4. The summed E-state index contributed by atoms with van der Waals surface area (Å²) >= 11 is 0. The molecule has 0 radical (unpaired) electrons. The minimum Gasteiger partial charge on any atom is -0.333 e. The first-order chi connectivity index (χ1) is 19.7. The highest BCUT2D eigenvalue weighted by atomic mass is 19.1. The van der Waals surface area contributed by atoms with Gasteiger partial charge in [-0.25, -0.2) is 13.9 Å². The van der Waals surface area contributed by atoms with Gasteiger partial charge in [0.2, 0.25) is 0 Å². The van der Waals surface area contributed by atoms with E-state index in [1.165, 1.54) is 6.07 Å². The van der Waals surface area contributed by atoms with E-state index in [0.717, 1.165) is 16.7 Å². The molecule has 6 aromatic rings. The van der Waals surface area contributed by atoms with Crippen molar-refractivity contribution in [2.75, 3.05) is 6.54 Å². The number of carbonyl (C=O) groups excluding carboxylic acids is 1. The Labute approximate surface area is 232 Å². The zero-order valence-electron chi connectivity index (χ0n) is 21.8. The Morgan fingerprint density at radius 3 is 2.05 bits per heavy atom. The average molecular weight is 527 g/mol. The molecular formula is C34H27FN4O. The van der Waals surface area contributed by atoms with Crippen molar-refractivity contribution in [3.05, 3.63) is 150 Å². The molecule has 196 valence electrons. The van der Waals surface area contributed by atoms with Crippen LogP contribution in [0, 0.1) is 5.82 Å². The van der Waals surface area contributed by atoms with Crippen LogP contribution in [-0.2, 0) is 13.0 Å². The number of halogens is 1. The number of fused-ring (bicyclic) bond motifs is 1. The average Bonchev–Trinajstić information content (AvgIpc) is 3.45. The van der Waals surface area contributed by atoms with Crippen molar-refractivity contribution in [3.8, 4) is 22.5 Å². The van der Waals surface area contributed by atoms with E-state index in [1.807, 2.05) is 89.8 Å². The van der Waals surface area contributed by atoms with Crippen molar-refractivity contribution < 1.29 is 9.18 Å². The van der Waals surface area contributed by atoms with E-state index < -0.39 is 5.82 Å². The van der Waals surface area contributed by atoms with E-state index in [2.05, 4.69) is 12.1 Å². The van der Waals surface area contributed by atoms with Crippen LogP contribution in [0.4, 0.5) is 4.39 Å². The Morgan fingerprint density at radius 2 is 1.35 bits per heavy atom. The Kier molecular flexibility index (Phi) is 7.14. The quantitative estimate of drug-likeness (QED) is 0.213. The molecule has 1 amide bonds. The molecule has 2 heterocycles. The summed E-state index contributed by atoms with van der Waals surface area (Å²) in [7, 11) is 0. The van der Waals surface area contributed by atoms with Crippen LogP contribution in [0.1, 0.15) is 21.6 Å². The van der Waals surface area contributed by atoms with Crippen LogP contribution in [0.5, 0.6) is 0 Å². The van der Waals surface area contributed by atoms with Gasteiger partial charge in [-0.1, -0.05) is 103 Å². The fourth-order valence-electron chi connectivity index (χ4n) is 4.81. The molecule has 0 N–H and O–H groups in total. The van der Waals surface area contributed by atoms with Crippen LogP contribution >= 0.6 is 0 Å². The Morgan fingerprint density at radius 1 is 0.725 bits per heavy atom. The van der Waals surface area contributed by atoms with Gasteiger partial charge in [-0.2, -0.15) is 5.10 Å². The molecule has 0 aliphatic rings. The maximum atomic E-state index is 14.9. The second-order valence-electron chi connectivity index (χ2n) is 9.62. The second-order valence-corrected chi connectivity index (χ2v) is 9.62. The van der Waals surface area contributed by atoms with Gasteiger partial charge in [0.25, 0.3) is 5.91 Å². The third-order valence-corrected chi connectivity index (χ3v) is 6.88. The molecule has 0 fully saturated rings. The number of carbonyl (C=O) groups is 1. The molecule has 5 nitrogen and oxygen atoms in total. The summed E-state index contributed by atoms with van der Waals surface area (Å²) in [5.41, 5.74) is 5.28. The monoisotopic (exact) mass is 526 g/mol. The molecule has 6 rings (SSSR count). The summed E-state index contributed by atoms with van der Waals surface area (Å²) in [6, 6.07) is 39.7. The number of rotatable bonds is 8. The highest BCUT2D eigenvalue weighted by Gasteiger charge is 2.23. The van der Waals surface area contributed by atoms with E-state index in [-0.39, 0.29) is 5.91 Å². The third-order valence-electron chi connectivity index (χ3n) is 6.88. The predicted molar refractivity (Wildman–Crippen MR) is 155 cm³/mol. The molecule has 0 saturated carbocycles. The van der Waals surface area contributed by atoms with E-state index in [1.54, 1.807) is 28.8 Å². The second kappa shape index (κ2) is 11.3. The van der Waals surface area contributed by atoms with Gasteiger partial charge in [0, 0.05) is 30.3 Å². The highest BCUT2D eigenvalue weighted by molar-refractivity contribution is 5.94. The fraction of sp³-hybridized carbons (Fsp3) is 0.0882. The van der Waals surface area contributed by atoms with Crippen molar-refractivity contribution in [2.45, 2.75) is 13.0 Å². The van der Waals surface area contributed by atoms with Crippen LogP contribution in [0.25, 0.3) is 28.2 Å². The topological polar surface area (TPSA) is 50.5 Å². The maximum Gasteiger partial charge on any atom is 0.272 e. The number of amides is 1. The lowest BCUT2D eigenvalue weighted by molar-refractivity contribution is 0.0736. The number of hydrogen-bond acceptors (Lipinski definition) is 3. The SMILES string of the molecule is O=C(c1cc(-c2ccccc2F)nc2cc(-c3ccccc3)nn12)N(CCc1ccccc1)Cc1ccccc1. The van der Waals surface area contributed by atoms with Crippen molar-refractivity contribution in [2.24, 2.45) is 0 Å². The standard InChI is InChI=1S/C34H27FN4O/c35-29-19-11-10-18-28(29)31-22-32(39-33(36-31)23-30(37-39)27-16-8-3-9-17-27)34(40)38(24-26-14-6-2-7-15-26)21-20-25-12-4-1-5-13-25/h1-19,22-23H,20-21,24H2. The van der Waals surface area contributed by atoms with E-state index in [9.17, 15) is 9.18 Å². The lowest BCUT2D eigenvalue weighted by Gasteiger charge is -2.23. The minimum absolute atomic E-state index is 0.201. The van der Waals surface area contributed by atoms with Crippen molar-refractivity contribution >= 4 is 11.6 Å². The fourth-order valence-corrected chi connectivity index (χ4v) is 4.81. The van der Waals surface area contributed by atoms with Crippen molar-refractivity contribution in [3.63, 3.8) is 0 Å². The maximum absolute atomic E-state index is 14.9. The molecule has 0 atom stereocenters. The zero-order valence-corrected chi connectivity index (χ0v) is 21.8. The molecule has 0 spiro atoms. The molecular weight excluding hydrogens is 499 g/mol. The normalized spacial score (nSPS) is 11.0. The van der Waals surface area contributed by atoms with Gasteiger partial charge in [0.1, 0.15) is 11.5 Å². The number of aromatic nitrogens is 3. The number of nitrogens with zero attached hydrogens (tertiary/aromatic N) is 4. The van der Waals surface area contributed by atoms with Crippen molar-refractivity contribution in [1.29, 1.82) is 0 Å². The molecule has 0 aliphatic heterocycles. The van der Waals surface area contributed by atoms with Crippen LogP contribution < -0.4 is 0 Å². The van der Waals surface area contributed by atoms with Crippen LogP contribution in [0.3, 0.4) is 0 Å². The van der Waals surface area contributed by atoms with Gasteiger partial charge in [-0.05, 0) is 35.7 Å². The van der Waals surface area contributed by atoms with Gasteiger partial charge < -0.3 is 4.90 Å². The predicted octanol–water partition coefficient (Wildman–Crippen LogP) is 7.09. The van der Waals surface area contributed by atoms with Gasteiger partial charge in [-0.15, -0.1) is 0 Å². The van der Waals surface area contributed by atoms with E-state index >= 15 is 0 Å². The minimum atomic E-state index is -0.397. The van der Waals surface area contributed by atoms with Crippen LogP contribution in [0.15, 0.2) is 127 Å². The van der Waals surface area contributed by atoms with Gasteiger partial charge in [0.05, 0.1) is 11.4 Å². The Bertz CT molecular complexity index is 1750. The molecule has 0 bridgehead atoms. The molecule has 0 saturated heterocycles. The third kappa shape index (κ3) is 5.38. The zero-order chi connectivity index (χ0) is 27.3. The van der Waals surface area contributed by atoms with Gasteiger partial charge in [0.15, 0.2) is 5.65 Å². The van der Waals surface area contributed by atoms with E-state index in [0.29, 0.717) is 47.8 Å². The molecule has 6 heteroatoms. The summed E-state index contributed by atoms with van der Waals surface area (Å²) in [6.45, 7) is 0.932. The summed E-state index contributed by atoms with van der Waals surface area (Å²) < 4.78 is 16.5. The van der Waals surface area contributed by atoms with Gasteiger partial charge in [-0.3, -0.25) is 4.79 Å². The van der Waals surface area contributed by atoms with Crippen LogP contribution in [0.2, 0.25) is 0 Å². The first-order valence-corrected chi connectivity index (χ1v) is 13.2. The smallest absolute Gasteiger partial charge is 0.272 e. The first kappa shape index (κ1) is 25.2. The number of hydrogen-bond donors (Lipinski definition) is 0. The molecule has 0 unspecified atom stereocenters. The summed E-state index contributed by atoms with van der Waals surface area (Å²) in [6.07, 6.45) is 0.697. The molecule has 40 heavy (non-hydrogen) atoms. The first-order valence-electron chi connectivity index (χ1n) is 13.2. The molecule has 2 aromatic heterocycles. The Hall–Kier alpha value is -5.10. The van der Waals surface area contributed by atoms with Crippen LogP contribution in [-0.4, -0.2) is 31.9 Å². The lowest BCUT2D eigenvalue weighted by atomic mass is 10.1. The van der Waals surface area contributed by atoms with E-state index in [4.69, 9.17) is 10.1 Å². The van der Waals surface area contributed by atoms with Gasteiger partial charge >= 0.3 is 0 Å². The highest BCUT2D eigenvalue weighted by Crippen LogP contribution is 2.26. The summed E-state index contributed by atoms with van der Waals surface area (Å²) in [4.78, 5) is 20.9. The lowest BCUT2D eigenvalue weighted by Crippen LogP contribution is -2.34. The molecule has 4 aromatic carbocycles. The summed E-state index contributed by atoms with van der Waals surface area (Å²) in [5.74, 6) is -0.599. The Balaban J connectivity index is 1.46.